The lowest BCUT2D eigenvalue weighted by atomic mass is 10.1. The molecular weight excluding hydrogens is 226 g/mol. The first kappa shape index (κ1) is 11.4. The average Bonchev–Trinajstić information content (AvgIpc) is 2.34. The van der Waals surface area contributed by atoms with Gasteiger partial charge in [0.25, 0.3) is 0 Å². The number of nitrogens with zero attached hydrogens (tertiary/aromatic N) is 1. The second-order valence-corrected chi connectivity index (χ2v) is 4.00. The molecule has 1 aliphatic heterocycles. The maximum absolute atomic E-state index is 5.74. The fraction of sp³-hybridized carbons (Fsp3) is 0.364. The van der Waals surface area contributed by atoms with Gasteiger partial charge in [0.1, 0.15) is 17.0 Å². The summed E-state index contributed by atoms with van der Waals surface area (Å²) in [5, 5.41) is 0.470. The highest BCUT2D eigenvalue weighted by molar-refractivity contribution is 6.29. The van der Waals surface area contributed by atoms with Crippen LogP contribution >= 0.6 is 11.6 Å². The van der Waals surface area contributed by atoms with Gasteiger partial charge in [-0.25, -0.2) is 10.4 Å². The molecule has 0 fully saturated rings. The molecule has 1 atom stereocenters. The Morgan fingerprint density at radius 3 is 2.94 bits per heavy atom. The van der Waals surface area contributed by atoms with Crippen LogP contribution < -0.4 is 11.3 Å². The molecule has 0 bridgehead atoms. The Morgan fingerprint density at radius 2 is 2.38 bits per heavy atom. The molecule has 1 unspecified atom stereocenters. The van der Waals surface area contributed by atoms with Crippen molar-refractivity contribution in [2.75, 3.05) is 6.61 Å². The van der Waals surface area contributed by atoms with Crippen LogP contribution in [0.1, 0.15) is 24.4 Å². The maximum atomic E-state index is 5.74. The minimum atomic E-state index is -0.148. The highest BCUT2D eigenvalue weighted by Crippen LogP contribution is 2.25. The average molecular weight is 240 g/mol. The number of hydrogen-bond donors (Lipinski definition) is 2. The van der Waals surface area contributed by atoms with Crippen molar-refractivity contribution in [1.82, 2.24) is 10.4 Å². The molecule has 0 saturated carbocycles. The molecule has 16 heavy (non-hydrogen) atoms. The molecule has 5 heteroatoms. The molecule has 0 spiro atoms. The van der Waals surface area contributed by atoms with Crippen molar-refractivity contribution in [3.05, 3.63) is 40.9 Å². The van der Waals surface area contributed by atoms with Gasteiger partial charge >= 0.3 is 0 Å². The first-order chi connectivity index (χ1) is 7.81. The molecule has 0 aromatic carbocycles. The van der Waals surface area contributed by atoms with E-state index in [-0.39, 0.29) is 6.04 Å². The lowest BCUT2D eigenvalue weighted by molar-refractivity contribution is 0.168. The molecule has 3 N–H and O–H groups in total. The lowest BCUT2D eigenvalue weighted by Crippen LogP contribution is -2.31. The second-order valence-electron chi connectivity index (χ2n) is 3.61. The van der Waals surface area contributed by atoms with E-state index >= 15 is 0 Å². The molecule has 0 radical (unpaired) electrons. The molecule has 4 nitrogen and oxygen atoms in total. The monoisotopic (exact) mass is 239 g/mol. The smallest absolute Gasteiger partial charge is 0.129 e. The highest BCUT2D eigenvalue weighted by atomic mass is 35.5. The van der Waals surface area contributed by atoms with E-state index in [2.05, 4.69) is 16.5 Å². The van der Waals surface area contributed by atoms with E-state index in [0.717, 1.165) is 30.8 Å². The van der Waals surface area contributed by atoms with Crippen LogP contribution in [0.5, 0.6) is 0 Å². The Bertz CT molecular complexity index is 377. The van der Waals surface area contributed by atoms with Crippen molar-refractivity contribution in [3.8, 4) is 0 Å². The minimum absolute atomic E-state index is 0.148. The van der Waals surface area contributed by atoms with Gasteiger partial charge in [-0.05, 0) is 30.5 Å². The number of allylic oxidation sites excluding steroid dienone is 1. The van der Waals surface area contributed by atoms with E-state index in [1.165, 1.54) is 0 Å². The van der Waals surface area contributed by atoms with E-state index in [4.69, 9.17) is 22.2 Å². The Kier molecular flexibility index (Phi) is 3.77. The third-order valence-electron chi connectivity index (χ3n) is 2.50. The molecule has 2 rings (SSSR count). The summed E-state index contributed by atoms with van der Waals surface area (Å²) in [6.07, 6.45) is 5.84. The van der Waals surface area contributed by atoms with Crippen molar-refractivity contribution >= 4 is 11.6 Å². The quantitative estimate of drug-likeness (QED) is 0.481. The van der Waals surface area contributed by atoms with Crippen molar-refractivity contribution in [1.29, 1.82) is 0 Å². The third-order valence-corrected chi connectivity index (χ3v) is 2.72. The Hall–Kier alpha value is -1.10. The molecule has 0 saturated heterocycles. The summed E-state index contributed by atoms with van der Waals surface area (Å²) in [5.41, 5.74) is 3.68. The van der Waals surface area contributed by atoms with Gasteiger partial charge in [-0.3, -0.25) is 5.84 Å². The van der Waals surface area contributed by atoms with Crippen LogP contribution in [-0.2, 0) is 4.74 Å². The zero-order valence-electron chi connectivity index (χ0n) is 8.82. The summed E-state index contributed by atoms with van der Waals surface area (Å²) in [4.78, 5) is 4.03. The molecule has 1 aromatic heterocycles. The summed E-state index contributed by atoms with van der Waals surface area (Å²) in [6.45, 7) is 0.741. The van der Waals surface area contributed by atoms with Crippen LogP contribution in [0.2, 0.25) is 5.15 Å². The van der Waals surface area contributed by atoms with Crippen LogP contribution in [0, 0.1) is 0 Å². The van der Waals surface area contributed by atoms with Gasteiger partial charge < -0.3 is 4.74 Å². The fourth-order valence-electron chi connectivity index (χ4n) is 1.68. The number of nitrogens with two attached hydrogens (primary N) is 1. The van der Waals surface area contributed by atoms with E-state index in [9.17, 15) is 0 Å². The minimum Gasteiger partial charge on any atom is -0.496 e. The summed E-state index contributed by atoms with van der Waals surface area (Å²) in [6, 6.07) is 3.48. The lowest BCUT2D eigenvalue weighted by Gasteiger charge is -2.23. The first-order valence-corrected chi connectivity index (χ1v) is 5.59. The summed E-state index contributed by atoms with van der Waals surface area (Å²) in [7, 11) is 0. The molecule has 0 amide bonds. The number of hydrogen-bond acceptors (Lipinski definition) is 4. The van der Waals surface area contributed by atoms with Gasteiger partial charge in [-0.2, -0.15) is 0 Å². The van der Waals surface area contributed by atoms with Crippen molar-refractivity contribution in [2.45, 2.75) is 18.9 Å². The molecule has 2 heterocycles. The van der Waals surface area contributed by atoms with E-state index in [1.807, 2.05) is 6.07 Å². The van der Waals surface area contributed by atoms with E-state index in [0.29, 0.717) is 5.15 Å². The second kappa shape index (κ2) is 5.30. The Morgan fingerprint density at radius 1 is 1.50 bits per heavy atom. The van der Waals surface area contributed by atoms with Crippen LogP contribution in [0.3, 0.4) is 0 Å². The predicted molar refractivity (Wildman–Crippen MR) is 62.6 cm³/mol. The molecule has 0 aliphatic carbocycles. The number of nitrogens with one attached hydrogen (secondary N) is 1. The molecule has 86 valence electrons. The standard InChI is InChI=1S/C11H14ClN3O/c12-10-5-4-8(7-14-10)11(15-13)9-3-1-2-6-16-9/h3-5,7,11,15H,1-2,6,13H2. The summed E-state index contributed by atoms with van der Waals surface area (Å²) < 4.78 is 5.57. The van der Waals surface area contributed by atoms with Crippen LogP contribution in [0.25, 0.3) is 0 Å². The van der Waals surface area contributed by atoms with Crippen molar-refractivity contribution in [2.24, 2.45) is 5.84 Å². The third kappa shape index (κ3) is 2.52. The molecular formula is C11H14ClN3O. The Balaban J connectivity index is 2.21. The van der Waals surface area contributed by atoms with Crippen LogP contribution in [0.15, 0.2) is 30.2 Å². The summed E-state index contributed by atoms with van der Waals surface area (Å²) >= 11 is 5.74. The summed E-state index contributed by atoms with van der Waals surface area (Å²) in [5.74, 6) is 6.40. The van der Waals surface area contributed by atoms with Gasteiger partial charge in [0.15, 0.2) is 0 Å². The van der Waals surface area contributed by atoms with Gasteiger partial charge in [0.05, 0.1) is 6.61 Å². The normalized spacial score (nSPS) is 17.5. The predicted octanol–water partition coefficient (Wildman–Crippen LogP) is 1.93. The van der Waals surface area contributed by atoms with Crippen molar-refractivity contribution in [3.63, 3.8) is 0 Å². The molecule has 1 aliphatic rings. The van der Waals surface area contributed by atoms with E-state index < -0.39 is 0 Å². The van der Waals surface area contributed by atoms with Gasteiger partial charge in [-0.1, -0.05) is 17.7 Å². The van der Waals surface area contributed by atoms with Gasteiger partial charge in [0.2, 0.25) is 0 Å². The molecule has 1 aromatic rings. The highest BCUT2D eigenvalue weighted by Gasteiger charge is 2.18. The number of halogens is 1. The van der Waals surface area contributed by atoms with Crippen LogP contribution in [0.4, 0.5) is 0 Å². The number of pyridine rings is 1. The zero-order valence-corrected chi connectivity index (χ0v) is 9.57. The number of rotatable bonds is 3. The topological polar surface area (TPSA) is 60.2 Å². The largest absolute Gasteiger partial charge is 0.496 e. The van der Waals surface area contributed by atoms with Gasteiger partial charge in [-0.15, -0.1) is 0 Å². The Labute approximate surface area is 99.4 Å². The fourth-order valence-corrected chi connectivity index (χ4v) is 1.79. The number of ether oxygens (including phenoxy) is 1. The van der Waals surface area contributed by atoms with Crippen molar-refractivity contribution < 1.29 is 4.74 Å². The van der Waals surface area contributed by atoms with Crippen LogP contribution in [-0.4, -0.2) is 11.6 Å². The SMILES string of the molecule is NNC(C1=CCCCO1)c1ccc(Cl)nc1. The van der Waals surface area contributed by atoms with E-state index in [1.54, 1.807) is 12.3 Å². The number of aromatic nitrogens is 1. The number of hydrazine groups is 1. The zero-order chi connectivity index (χ0) is 11.4. The maximum Gasteiger partial charge on any atom is 0.129 e. The van der Waals surface area contributed by atoms with Gasteiger partial charge in [0, 0.05) is 6.20 Å². The first-order valence-electron chi connectivity index (χ1n) is 5.21.